The quantitative estimate of drug-likeness (QED) is 0.748. The predicted molar refractivity (Wildman–Crippen MR) is 51.1 cm³/mol. The van der Waals surface area contributed by atoms with Gasteiger partial charge < -0.3 is 9.72 Å². The maximum Gasteiger partial charge on any atom is 0.255 e. The molecule has 3 nitrogen and oxygen atoms in total. The summed E-state index contributed by atoms with van der Waals surface area (Å²) in [6.45, 7) is 0. The molecule has 1 heterocycles. The first-order valence-electron chi connectivity index (χ1n) is 4.07. The number of nitrogens with one attached hydrogen (secondary N) is 1. The third-order valence-electron chi connectivity index (χ3n) is 2.05. The van der Waals surface area contributed by atoms with Gasteiger partial charge in [-0.05, 0) is 23.6 Å². The first-order chi connectivity index (χ1) is 6.72. The zero-order valence-electron chi connectivity index (χ0n) is 7.50. The number of aromatic nitrogens is 1. The number of ether oxygens (including phenoxy) is 1. The van der Waals surface area contributed by atoms with E-state index >= 15 is 0 Å². The standard InChI is InChI=1S/C10H8FNO2/c1-14-9-5-7-6(4-8(9)11)2-3-12-10(7)13/h2-5H,1H3,(H,12,13). The maximum atomic E-state index is 13.2. The van der Waals surface area contributed by atoms with Crippen LogP contribution in [0.25, 0.3) is 10.8 Å². The zero-order valence-corrected chi connectivity index (χ0v) is 7.50. The van der Waals surface area contributed by atoms with Crippen LogP contribution in [-0.2, 0) is 0 Å². The number of methoxy groups -OCH3 is 1. The van der Waals surface area contributed by atoms with Crippen molar-refractivity contribution in [1.29, 1.82) is 0 Å². The highest BCUT2D eigenvalue weighted by Crippen LogP contribution is 2.21. The smallest absolute Gasteiger partial charge is 0.255 e. The van der Waals surface area contributed by atoms with Crippen LogP contribution < -0.4 is 10.3 Å². The van der Waals surface area contributed by atoms with Gasteiger partial charge in [0, 0.05) is 6.20 Å². The fraction of sp³-hybridized carbons (Fsp3) is 0.100. The molecule has 0 amide bonds. The lowest BCUT2D eigenvalue weighted by atomic mass is 10.1. The van der Waals surface area contributed by atoms with E-state index in [0.29, 0.717) is 10.8 Å². The Morgan fingerprint density at radius 1 is 1.43 bits per heavy atom. The molecule has 0 saturated heterocycles. The molecule has 0 aliphatic heterocycles. The number of benzene rings is 1. The van der Waals surface area contributed by atoms with Gasteiger partial charge in [0.25, 0.3) is 5.56 Å². The van der Waals surface area contributed by atoms with Crippen LogP contribution in [0.15, 0.2) is 29.2 Å². The molecular formula is C10H8FNO2. The predicted octanol–water partition coefficient (Wildman–Crippen LogP) is 1.68. The van der Waals surface area contributed by atoms with E-state index in [1.54, 1.807) is 6.07 Å². The summed E-state index contributed by atoms with van der Waals surface area (Å²) in [6, 6.07) is 4.31. The monoisotopic (exact) mass is 193 g/mol. The second-order valence-corrected chi connectivity index (χ2v) is 2.88. The van der Waals surface area contributed by atoms with Gasteiger partial charge in [-0.25, -0.2) is 4.39 Å². The van der Waals surface area contributed by atoms with E-state index in [1.807, 2.05) is 0 Å². The summed E-state index contributed by atoms with van der Waals surface area (Å²) in [4.78, 5) is 13.8. The van der Waals surface area contributed by atoms with Crippen LogP contribution in [0, 0.1) is 5.82 Å². The van der Waals surface area contributed by atoms with Crippen molar-refractivity contribution in [3.05, 3.63) is 40.6 Å². The van der Waals surface area contributed by atoms with Crippen LogP contribution in [0.3, 0.4) is 0 Å². The van der Waals surface area contributed by atoms with Crippen LogP contribution in [0.4, 0.5) is 4.39 Å². The summed E-state index contributed by atoms with van der Waals surface area (Å²) in [6.07, 6.45) is 1.48. The van der Waals surface area contributed by atoms with Crippen LogP contribution in [0.2, 0.25) is 0 Å². The average Bonchev–Trinajstić information content (AvgIpc) is 2.17. The molecular weight excluding hydrogens is 185 g/mol. The van der Waals surface area contributed by atoms with Gasteiger partial charge in [-0.3, -0.25) is 4.79 Å². The molecule has 0 spiro atoms. The fourth-order valence-electron chi connectivity index (χ4n) is 1.34. The van der Waals surface area contributed by atoms with Crippen LogP contribution in [0.5, 0.6) is 5.75 Å². The van der Waals surface area contributed by atoms with E-state index in [1.165, 1.54) is 25.4 Å². The van der Waals surface area contributed by atoms with Gasteiger partial charge in [0.05, 0.1) is 12.5 Å². The Morgan fingerprint density at radius 3 is 2.93 bits per heavy atom. The lowest BCUT2D eigenvalue weighted by Crippen LogP contribution is -2.05. The van der Waals surface area contributed by atoms with E-state index in [2.05, 4.69) is 4.98 Å². The second-order valence-electron chi connectivity index (χ2n) is 2.88. The first kappa shape index (κ1) is 8.74. The minimum absolute atomic E-state index is 0.0780. The first-order valence-corrected chi connectivity index (χ1v) is 4.07. The van der Waals surface area contributed by atoms with E-state index in [9.17, 15) is 9.18 Å². The molecule has 0 aliphatic carbocycles. The lowest BCUT2D eigenvalue weighted by Gasteiger charge is -2.02. The molecule has 1 aromatic heterocycles. The van der Waals surface area contributed by atoms with Crippen molar-refractivity contribution < 1.29 is 9.13 Å². The average molecular weight is 193 g/mol. The molecule has 2 rings (SSSR count). The molecule has 0 fully saturated rings. The Labute approximate surface area is 79.1 Å². The third kappa shape index (κ3) is 1.25. The van der Waals surface area contributed by atoms with Crippen molar-refractivity contribution in [2.45, 2.75) is 0 Å². The van der Waals surface area contributed by atoms with Crippen molar-refractivity contribution >= 4 is 10.8 Å². The fourth-order valence-corrected chi connectivity index (χ4v) is 1.34. The minimum Gasteiger partial charge on any atom is -0.494 e. The molecule has 0 unspecified atom stereocenters. The summed E-state index contributed by atoms with van der Waals surface area (Å²) >= 11 is 0. The van der Waals surface area contributed by atoms with Gasteiger partial charge in [0.1, 0.15) is 0 Å². The van der Waals surface area contributed by atoms with Gasteiger partial charge in [0.2, 0.25) is 0 Å². The molecule has 1 N–H and O–H groups in total. The van der Waals surface area contributed by atoms with E-state index in [0.717, 1.165) is 0 Å². The molecule has 0 saturated carbocycles. The molecule has 72 valence electrons. The van der Waals surface area contributed by atoms with Gasteiger partial charge in [-0.1, -0.05) is 0 Å². The van der Waals surface area contributed by atoms with Gasteiger partial charge >= 0.3 is 0 Å². The van der Waals surface area contributed by atoms with Crippen LogP contribution in [0.1, 0.15) is 0 Å². The highest BCUT2D eigenvalue weighted by atomic mass is 19.1. The molecule has 14 heavy (non-hydrogen) atoms. The van der Waals surface area contributed by atoms with E-state index < -0.39 is 5.82 Å². The Bertz CT molecular complexity index is 533. The van der Waals surface area contributed by atoms with Crippen molar-refractivity contribution in [3.8, 4) is 5.75 Å². The molecule has 1 aromatic carbocycles. The molecule has 0 atom stereocenters. The number of rotatable bonds is 1. The van der Waals surface area contributed by atoms with Gasteiger partial charge in [-0.15, -0.1) is 0 Å². The molecule has 0 aliphatic rings. The molecule has 0 radical (unpaired) electrons. The number of halogens is 1. The minimum atomic E-state index is -0.467. The Kier molecular flexibility index (Phi) is 1.96. The Hall–Kier alpha value is -1.84. The second kappa shape index (κ2) is 3.14. The summed E-state index contributed by atoms with van der Waals surface area (Å²) in [5.41, 5.74) is -0.249. The zero-order chi connectivity index (χ0) is 10.1. The number of fused-ring (bicyclic) bond motifs is 1. The highest BCUT2D eigenvalue weighted by molar-refractivity contribution is 5.82. The van der Waals surface area contributed by atoms with Crippen molar-refractivity contribution in [1.82, 2.24) is 4.98 Å². The molecule has 4 heteroatoms. The number of pyridine rings is 1. The summed E-state index contributed by atoms with van der Waals surface area (Å²) < 4.78 is 18.0. The van der Waals surface area contributed by atoms with Crippen LogP contribution >= 0.6 is 0 Å². The van der Waals surface area contributed by atoms with Gasteiger partial charge in [-0.2, -0.15) is 0 Å². The van der Waals surface area contributed by atoms with Gasteiger partial charge in [0.15, 0.2) is 11.6 Å². The number of hydrogen-bond donors (Lipinski definition) is 1. The topological polar surface area (TPSA) is 42.1 Å². The largest absolute Gasteiger partial charge is 0.494 e. The van der Waals surface area contributed by atoms with E-state index in [-0.39, 0.29) is 11.3 Å². The van der Waals surface area contributed by atoms with Crippen molar-refractivity contribution in [2.24, 2.45) is 0 Å². The third-order valence-corrected chi connectivity index (χ3v) is 2.05. The highest BCUT2D eigenvalue weighted by Gasteiger charge is 2.06. The summed E-state index contributed by atoms with van der Waals surface area (Å²) in [5.74, 6) is -0.389. The maximum absolute atomic E-state index is 13.2. The van der Waals surface area contributed by atoms with E-state index in [4.69, 9.17) is 4.74 Å². The summed E-state index contributed by atoms with van der Waals surface area (Å²) in [7, 11) is 1.36. The molecule has 0 bridgehead atoms. The van der Waals surface area contributed by atoms with Crippen LogP contribution in [-0.4, -0.2) is 12.1 Å². The van der Waals surface area contributed by atoms with Crippen molar-refractivity contribution in [2.75, 3.05) is 7.11 Å². The number of H-pyrrole nitrogens is 1. The SMILES string of the molecule is COc1cc2c(=O)[nH]ccc2cc1F. The molecule has 2 aromatic rings. The Morgan fingerprint density at radius 2 is 2.21 bits per heavy atom. The van der Waals surface area contributed by atoms with Crippen molar-refractivity contribution in [3.63, 3.8) is 0 Å². The normalized spacial score (nSPS) is 10.4. The summed E-state index contributed by atoms with van der Waals surface area (Å²) in [5, 5.41) is 0.984. The number of aromatic amines is 1. The number of hydrogen-bond acceptors (Lipinski definition) is 2. The lowest BCUT2D eigenvalue weighted by molar-refractivity contribution is 0.387. The Balaban J connectivity index is 2.87.